The van der Waals surface area contributed by atoms with Crippen LogP contribution in [0.4, 0.5) is 5.82 Å². The minimum absolute atomic E-state index is 0.0816. The number of rotatable bonds is 6. The summed E-state index contributed by atoms with van der Waals surface area (Å²) in [6, 6.07) is 4.22. The highest BCUT2D eigenvalue weighted by molar-refractivity contribution is 7.71. The van der Waals surface area contributed by atoms with Crippen molar-refractivity contribution in [3.8, 4) is 12.1 Å². The number of piperidine rings is 1. The molecule has 0 unspecified atom stereocenters. The third kappa shape index (κ3) is 4.56. The van der Waals surface area contributed by atoms with Crippen molar-refractivity contribution < 1.29 is 9.90 Å². The fourth-order valence-electron chi connectivity index (χ4n) is 3.34. The second-order valence-corrected chi connectivity index (χ2v) is 6.63. The molecule has 1 aromatic rings. The molecule has 1 aromatic heterocycles. The topological polar surface area (TPSA) is 130 Å². The summed E-state index contributed by atoms with van der Waals surface area (Å²) < 4.78 is 0.283. The molecule has 0 atom stereocenters. The number of aliphatic carboxylic acids is 1. The number of hydrogen-bond donors (Lipinski definition) is 3. The molecule has 1 fully saturated rings. The van der Waals surface area contributed by atoms with E-state index in [-0.39, 0.29) is 22.8 Å². The number of nitrogen functional groups attached to an aromatic ring is 1. The van der Waals surface area contributed by atoms with E-state index in [0.29, 0.717) is 23.1 Å². The minimum Gasteiger partial charge on any atom is -0.481 e. The van der Waals surface area contributed by atoms with Gasteiger partial charge in [0.15, 0.2) is 0 Å². The minimum atomic E-state index is -0.759. The van der Waals surface area contributed by atoms with Crippen molar-refractivity contribution in [1.82, 2.24) is 9.88 Å². The molecule has 2 heterocycles. The normalized spacial score (nSPS) is 15.4. The maximum atomic E-state index is 10.5. The zero-order valence-electron chi connectivity index (χ0n) is 13.9. The second-order valence-electron chi connectivity index (χ2n) is 6.22. The molecule has 0 aliphatic carbocycles. The number of unbranched alkanes of at least 4 members (excludes halogenated alkanes) is 1. The van der Waals surface area contributed by atoms with E-state index in [0.717, 1.165) is 38.9 Å². The van der Waals surface area contributed by atoms with E-state index >= 15 is 0 Å². The second kappa shape index (κ2) is 8.61. The Morgan fingerprint density at radius 1 is 1.28 bits per heavy atom. The van der Waals surface area contributed by atoms with E-state index in [1.165, 1.54) is 0 Å². The number of likely N-dealkylation sites (tertiary alicyclic amines) is 1. The number of aromatic nitrogens is 1. The highest BCUT2D eigenvalue weighted by Crippen LogP contribution is 2.34. The summed E-state index contributed by atoms with van der Waals surface area (Å²) >= 11 is 5.19. The molecule has 0 radical (unpaired) electrons. The monoisotopic (exact) mass is 359 g/mol. The van der Waals surface area contributed by atoms with Gasteiger partial charge in [-0.25, -0.2) is 0 Å². The molecule has 1 aliphatic rings. The first-order valence-electron chi connectivity index (χ1n) is 8.28. The third-order valence-corrected chi connectivity index (χ3v) is 4.92. The van der Waals surface area contributed by atoms with Crippen molar-refractivity contribution in [2.24, 2.45) is 0 Å². The van der Waals surface area contributed by atoms with E-state index < -0.39 is 5.97 Å². The fourth-order valence-corrected chi connectivity index (χ4v) is 3.60. The van der Waals surface area contributed by atoms with Crippen LogP contribution in [0.25, 0.3) is 0 Å². The predicted molar refractivity (Wildman–Crippen MR) is 95.4 cm³/mol. The number of nitrogens with one attached hydrogen (secondary N) is 1. The Balaban J connectivity index is 2.06. The molecule has 0 spiro atoms. The van der Waals surface area contributed by atoms with E-state index in [9.17, 15) is 15.3 Å². The zero-order valence-corrected chi connectivity index (χ0v) is 14.7. The van der Waals surface area contributed by atoms with E-state index in [2.05, 4.69) is 22.0 Å². The van der Waals surface area contributed by atoms with Gasteiger partial charge in [0, 0.05) is 6.42 Å². The van der Waals surface area contributed by atoms with Crippen molar-refractivity contribution in [3.63, 3.8) is 0 Å². The molecule has 132 valence electrons. The van der Waals surface area contributed by atoms with Gasteiger partial charge in [-0.3, -0.25) is 4.79 Å². The largest absolute Gasteiger partial charge is 0.481 e. The summed E-state index contributed by atoms with van der Waals surface area (Å²) in [6.07, 6.45) is 3.38. The van der Waals surface area contributed by atoms with Crippen LogP contribution < -0.4 is 5.73 Å². The van der Waals surface area contributed by atoms with Crippen LogP contribution >= 0.6 is 12.2 Å². The Morgan fingerprint density at radius 3 is 2.48 bits per heavy atom. The lowest BCUT2D eigenvalue weighted by molar-refractivity contribution is -0.137. The maximum absolute atomic E-state index is 10.5. The molecule has 8 heteroatoms. The number of carbonyl (C=O) groups is 1. The smallest absolute Gasteiger partial charge is 0.303 e. The number of H-pyrrole nitrogens is 1. The lowest BCUT2D eigenvalue weighted by Crippen LogP contribution is -2.34. The number of carboxylic acid groups (broad SMARTS) is 1. The summed E-state index contributed by atoms with van der Waals surface area (Å²) in [5, 5.41) is 27.5. The van der Waals surface area contributed by atoms with Gasteiger partial charge < -0.3 is 20.7 Å². The molecule has 25 heavy (non-hydrogen) atoms. The van der Waals surface area contributed by atoms with Crippen LogP contribution in [0, 0.1) is 27.3 Å². The molecule has 0 bridgehead atoms. The van der Waals surface area contributed by atoms with Gasteiger partial charge in [0.1, 0.15) is 22.6 Å². The number of nitriles is 2. The van der Waals surface area contributed by atoms with Crippen LogP contribution in [-0.2, 0) is 4.79 Å². The first-order valence-corrected chi connectivity index (χ1v) is 8.68. The van der Waals surface area contributed by atoms with E-state index in [1.807, 2.05) is 0 Å². The van der Waals surface area contributed by atoms with Gasteiger partial charge in [-0.1, -0.05) is 12.2 Å². The van der Waals surface area contributed by atoms with Gasteiger partial charge in [0.05, 0.1) is 11.1 Å². The molecule has 7 nitrogen and oxygen atoms in total. The Bertz CT molecular complexity index is 782. The van der Waals surface area contributed by atoms with E-state index in [4.69, 9.17) is 23.1 Å². The van der Waals surface area contributed by atoms with Gasteiger partial charge in [0.25, 0.3) is 0 Å². The van der Waals surface area contributed by atoms with Crippen LogP contribution in [0.1, 0.15) is 54.7 Å². The number of nitrogens with zero attached hydrogens (tertiary/aromatic N) is 3. The predicted octanol–water partition coefficient (Wildman–Crippen LogP) is 2.50. The number of carboxylic acids is 1. The Hall–Kier alpha value is -2.42. The molecule has 1 aliphatic heterocycles. The van der Waals surface area contributed by atoms with Crippen LogP contribution in [0.5, 0.6) is 0 Å². The average Bonchev–Trinajstić information content (AvgIpc) is 2.58. The molecule has 0 amide bonds. The first kappa shape index (κ1) is 18.9. The zero-order chi connectivity index (χ0) is 18.4. The van der Waals surface area contributed by atoms with Crippen molar-refractivity contribution >= 4 is 24.0 Å². The van der Waals surface area contributed by atoms with Crippen LogP contribution in [-0.4, -0.2) is 40.6 Å². The number of nitrogens with two attached hydrogens (primary N) is 1. The number of anilines is 1. The van der Waals surface area contributed by atoms with Gasteiger partial charge in [-0.15, -0.1) is 0 Å². The van der Waals surface area contributed by atoms with Crippen LogP contribution in [0.2, 0.25) is 0 Å². The molecule has 0 saturated carbocycles. The Kier molecular flexibility index (Phi) is 6.51. The van der Waals surface area contributed by atoms with Crippen molar-refractivity contribution in [1.29, 1.82) is 10.5 Å². The molecular formula is C17H21N5O2S. The van der Waals surface area contributed by atoms with Crippen molar-refractivity contribution in [3.05, 3.63) is 21.3 Å². The summed E-state index contributed by atoms with van der Waals surface area (Å²) in [6.45, 7) is 2.56. The average molecular weight is 359 g/mol. The quantitative estimate of drug-likeness (QED) is 0.525. The fraction of sp³-hybridized carbons (Fsp3) is 0.529. The van der Waals surface area contributed by atoms with Crippen LogP contribution in [0.3, 0.4) is 0 Å². The van der Waals surface area contributed by atoms with Crippen molar-refractivity contribution in [2.75, 3.05) is 25.4 Å². The SMILES string of the molecule is N#Cc1c(N)[nH]c(=S)c(C#N)c1C1CCN(CCCCC(=O)O)CC1. The van der Waals surface area contributed by atoms with Crippen LogP contribution in [0.15, 0.2) is 0 Å². The standard InChI is InChI=1S/C17H21N5O2S/c18-9-12-15(13(10-19)17(25)21-16(12)20)11-4-7-22(8-5-11)6-2-1-3-14(23)24/h11H,1-8H2,(H,23,24)(H3,20,21,25). The number of aromatic amines is 1. The maximum Gasteiger partial charge on any atom is 0.303 e. The lowest BCUT2D eigenvalue weighted by atomic mass is 9.84. The summed E-state index contributed by atoms with van der Waals surface area (Å²) in [5.74, 6) is -0.458. The number of hydrogen-bond acceptors (Lipinski definition) is 6. The van der Waals surface area contributed by atoms with E-state index in [1.54, 1.807) is 0 Å². The molecular weight excluding hydrogens is 338 g/mol. The highest BCUT2D eigenvalue weighted by Gasteiger charge is 2.27. The first-order chi connectivity index (χ1) is 12.0. The van der Waals surface area contributed by atoms with Gasteiger partial charge >= 0.3 is 5.97 Å². The summed E-state index contributed by atoms with van der Waals surface area (Å²) in [7, 11) is 0. The van der Waals surface area contributed by atoms with Gasteiger partial charge in [-0.05, 0) is 56.8 Å². The summed E-state index contributed by atoms with van der Waals surface area (Å²) in [5.41, 5.74) is 7.23. The molecule has 0 aromatic carbocycles. The Labute approximate surface area is 151 Å². The van der Waals surface area contributed by atoms with Gasteiger partial charge in [-0.2, -0.15) is 10.5 Å². The highest BCUT2D eigenvalue weighted by atomic mass is 32.1. The van der Waals surface area contributed by atoms with Gasteiger partial charge in [0.2, 0.25) is 0 Å². The lowest BCUT2D eigenvalue weighted by Gasteiger charge is -2.33. The molecule has 4 N–H and O–H groups in total. The molecule has 2 rings (SSSR count). The van der Waals surface area contributed by atoms with Crippen molar-refractivity contribution in [2.45, 2.75) is 38.0 Å². The Morgan fingerprint density at radius 2 is 1.92 bits per heavy atom. The number of pyridine rings is 1. The summed E-state index contributed by atoms with van der Waals surface area (Å²) in [4.78, 5) is 15.6. The molecule has 1 saturated heterocycles. The third-order valence-electron chi connectivity index (χ3n) is 4.62.